The van der Waals surface area contributed by atoms with Crippen molar-refractivity contribution in [3.05, 3.63) is 71.2 Å². The number of nitrogens with one attached hydrogen (secondary N) is 2. The molecule has 6 nitrogen and oxygen atoms in total. The number of fused-ring (bicyclic) bond motifs is 1. The minimum absolute atomic E-state index is 0.121. The molecule has 1 aliphatic carbocycles. The Labute approximate surface area is 157 Å². The number of allylic oxidation sites excluding steroid dienone is 1. The Bertz CT molecular complexity index is 960. The number of hydrogen-bond donors (Lipinski definition) is 3. The minimum Gasteiger partial charge on any atom is -0.404 e. The van der Waals surface area contributed by atoms with E-state index in [1.807, 2.05) is 12.1 Å². The Balaban J connectivity index is 1.76. The molecule has 6 heteroatoms. The van der Waals surface area contributed by atoms with Crippen molar-refractivity contribution < 1.29 is 9.59 Å². The zero-order valence-electron chi connectivity index (χ0n) is 14.7. The smallest absolute Gasteiger partial charge is 0.248 e. The number of rotatable bonds is 5. The first-order valence-electron chi connectivity index (χ1n) is 8.64. The van der Waals surface area contributed by atoms with Crippen LogP contribution in [-0.4, -0.2) is 22.9 Å². The Morgan fingerprint density at radius 1 is 1.26 bits per heavy atom. The van der Waals surface area contributed by atoms with Gasteiger partial charge in [-0.3, -0.25) is 14.6 Å². The van der Waals surface area contributed by atoms with Gasteiger partial charge in [0.15, 0.2) is 5.78 Å². The molecule has 1 amide bonds. The molecule has 0 fully saturated rings. The number of ketones is 1. The molecular formula is C21H20N4O2. The number of pyridine rings is 1. The van der Waals surface area contributed by atoms with E-state index in [2.05, 4.69) is 10.3 Å². The third-order valence-electron chi connectivity index (χ3n) is 4.44. The van der Waals surface area contributed by atoms with Crippen LogP contribution in [0, 0.1) is 5.41 Å². The second-order valence-electron chi connectivity index (χ2n) is 6.20. The van der Waals surface area contributed by atoms with Gasteiger partial charge < -0.3 is 16.5 Å². The van der Waals surface area contributed by atoms with E-state index < -0.39 is 0 Å². The number of nitrogens with zero attached hydrogens (tertiary/aromatic N) is 1. The lowest BCUT2D eigenvalue weighted by Gasteiger charge is -2.15. The topological polar surface area (TPSA) is 109 Å². The van der Waals surface area contributed by atoms with E-state index in [-0.39, 0.29) is 11.7 Å². The average Bonchev–Trinajstić information content (AvgIpc) is 2.69. The molecule has 0 bridgehead atoms. The van der Waals surface area contributed by atoms with Crippen LogP contribution in [0.15, 0.2) is 48.9 Å². The number of nitrogens with two attached hydrogens (primary N) is 1. The number of aryl methyl sites for hydroxylation is 1. The molecule has 136 valence electrons. The van der Waals surface area contributed by atoms with Crippen LogP contribution in [0.1, 0.15) is 39.9 Å². The molecule has 27 heavy (non-hydrogen) atoms. The number of benzene rings is 1. The van der Waals surface area contributed by atoms with Crippen LogP contribution in [0.25, 0.3) is 11.6 Å². The van der Waals surface area contributed by atoms with E-state index in [1.54, 1.807) is 30.6 Å². The van der Waals surface area contributed by atoms with Gasteiger partial charge in [-0.15, -0.1) is 0 Å². The molecule has 3 rings (SSSR count). The van der Waals surface area contributed by atoms with E-state index >= 15 is 0 Å². The van der Waals surface area contributed by atoms with Gasteiger partial charge in [-0.25, -0.2) is 0 Å². The molecule has 0 aliphatic heterocycles. The Morgan fingerprint density at radius 2 is 2.11 bits per heavy atom. The van der Waals surface area contributed by atoms with Crippen molar-refractivity contribution in [1.82, 2.24) is 4.98 Å². The van der Waals surface area contributed by atoms with Crippen molar-refractivity contribution in [2.24, 2.45) is 5.73 Å². The van der Waals surface area contributed by atoms with Gasteiger partial charge in [-0.1, -0.05) is 6.07 Å². The standard InChI is InChI=1S/C21H20N4O2/c22-11-16(12-23)18-8-9-24-13-15(18)5-7-21(27)25-17-6-4-14-2-1-3-20(26)19(14)10-17/h4-13,22H,1-3,23H2,(H,25,27)/b7-5+,16-12+,22-11?. The summed E-state index contributed by atoms with van der Waals surface area (Å²) in [5.74, 6) is -0.197. The maximum atomic E-state index is 12.3. The Hall–Kier alpha value is -3.54. The maximum Gasteiger partial charge on any atom is 0.248 e. The third kappa shape index (κ3) is 4.17. The summed E-state index contributed by atoms with van der Waals surface area (Å²) >= 11 is 0. The largest absolute Gasteiger partial charge is 0.404 e. The van der Waals surface area contributed by atoms with Crippen molar-refractivity contribution in [3.63, 3.8) is 0 Å². The second-order valence-corrected chi connectivity index (χ2v) is 6.20. The van der Waals surface area contributed by atoms with E-state index in [0.717, 1.165) is 24.6 Å². The van der Waals surface area contributed by atoms with Gasteiger partial charge in [0.2, 0.25) is 5.91 Å². The number of carbonyl (C=O) groups excluding carboxylic acids is 2. The summed E-state index contributed by atoms with van der Waals surface area (Å²) in [4.78, 5) is 28.3. The number of aromatic nitrogens is 1. The molecule has 0 atom stereocenters. The van der Waals surface area contributed by atoms with Crippen molar-refractivity contribution in [1.29, 1.82) is 5.41 Å². The predicted molar refractivity (Wildman–Crippen MR) is 107 cm³/mol. The van der Waals surface area contributed by atoms with E-state index in [1.165, 1.54) is 12.3 Å². The first kappa shape index (κ1) is 18.3. The molecular weight excluding hydrogens is 340 g/mol. The minimum atomic E-state index is -0.318. The first-order chi connectivity index (χ1) is 13.1. The molecule has 2 aromatic rings. The molecule has 1 heterocycles. The van der Waals surface area contributed by atoms with Gasteiger partial charge in [-0.2, -0.15) is 0 Å². The van der Waals surface area contributed by atoms with Gasteiger partial charge in [0, 0.05) is 59.7 Å². The molecule has 1 aliphatic rings. The van der Waals surface area contributed by atoms with Crippen LogP contribution < -0.4 is 11.1 Å². The van der Waals surface area contributed by atoms with Gasteiger partial charge >= 0.3 is 0 Å². The number of Topliss-reactive ketones (excluding diaryl/α,β-unsaturated/α-hetero) is 1. The van der Waals surface area contributed by atoms with Crippen LogP contribution >= 0.6 is 0 Å². The predicted octanol–water partition coefficient (Wildman–Crippen LogP) is 3.20. The van der Waals surface area contributed by atoms with Crippen LogP contribution in [0.4, 0.5) is 5.69 Å². The number of carbonyl (C=O) groups is 2. The quantitative estimate of drug-likeness (QED) is 0.562. The lowest BCUT2D eigenvalue weighted by Crippen LogP contribution is -2.13. The fraction of sp³-hybridized carbons (Fsp3) is 0.143. The molecule has 4 N–H and O–H groups in total. The summed E-state index contributed by atoms with van der Waals surface area (Å²) in [6.07, 6.45) is 11.0. The molecule has 1 aromatic carbocycles. The van der Waals surface area contributed by atoms with E-state index in [0.29, 0.717) is 34.4 Å². The van der Waals surface area contributed by atoms with E-state index in [9.17, 15) is 9.59 Å². The summed E-state index contributed by atoms with van der Waals surface area (Å²) in [5, 5.41) is 10.2. The van der Waals surface area contributed by atoms with Crippen LogP contribution in [0.5, 0.6) is 0 Å². The number of anilines is 1. The summed E-state index contributed by atoms with van der Waals surface area (Å²) in [7, 11) is 0. The Kier molecular flexibility index (Phi) is 5.56. The molecule has 0 unspecified atom stereocenters. The fourth-order valence-electron chi connectivity index (χ4n) is 3.07. The monoisotopic (exact) mass is 360 g/mol. The maximum absolute atomic E-state index is 12.3. The Morgan fingerprint density at radius 3 is 2.89 bits per heavy atom. The third-order valence-corrected chi connectivity index (χ3v) is 4.44. The lowest BCUT2D eigenvalue weighted by atomic mass is 9.90. The first-order valence-corrected chi connectivity index (χ1v) is 8.64. The zero-order chi connectivity index (χ0) is 19.2. The lowest BCUT2D eigenvalue weighted by molar-refractivity contribution is -0.111. The van der Waals surface area contributed by atoms with Gasteiger partial charge in [0.05, 0.1) is 0 Å². The molecule has 0 saturated carbocycles. The highest BCUT2D eigenvalue weighted by atomic mass is 16.1. The summed E-state index contributed by atoms with van der Waals surface area (Å²) in [5.41, 5.74) is 9.79. The second kappa shape index (κ2) is 8.23. The van der Waals surface area contributed by atoms with Crippen molar-refractivity contribution in [2.75, 3.05) is 5.32 Å². The average molecular weight is 360 g/mol. The SMILES string of the molecule is N=C/C(=C\N)c1ccncc1/C=C/C(=O)Nc1ccc2c(c1)C(=O)CCC2. The van der Waals surface area contributed by atoms with Gasteiger partial charge in [0.25, 0.3) is 0 Å². The number of amides is 1. The molecule has 1 aromatic heterocycles. The summed E-state index contributed by atoms with van der Waals surface area (Å²) in [6.45, 7) is 0. The van der Waals surface area contributed by atoms with Crippen LogP contribution in [0.2, 0.25) is 0 Å². The highest BCUT2D eigenvalue weighted by molar-refractivity contribution is 6.10. The molecule has 0 saturated heterocycles. The normalized spacial score (nSPS) is 14.1. The fourth-order valence-corrected chi connectivity index (χ4v) is 3.07. The van der Waals surface area contributed by atoms with Crippen molar-refractivity contribution >= 4 is 35.2 Å². The van der Waals surface area contributed by atoms with Crippen LogP contribution in [-0.2, 0) is 11.2 Å². The summed E-state index contributed by atoms with van der Waals surface area (Å²) in [6, 6.07) is 7.18. The van der Waals surface area contributed by atoms with Crippen molar-refractivity contribution in [3.8, 4) is 0 Å². The zero-order valence-corrected chi connectivity index (χ0v) is 14.7. The molecule has 0 radical (unpaired) electrons. The van der Waals surface area contributed by atoms with Crippen molar-refractivity contribution in [2.45, 2.75) is 19.3 Å². The molecule has 0 spiro atoms. The highest BCUT2D eigenvalue weighted by Crippen LogP contribution is 2.24. The van der Waals surface area contributed by atoms with Crippen LogP contribution in [0.3, 0.4) is 0 Å². The van der Waals surface area contributed by atoms with Gasteiger partial charge in [-0.05, 0) is 48.2 Å². The number of hydrogen-bond acceptors (Lipinski definition) is 5. The highest BCUT2D eigenvalue weighted by Gasteiger charge is 2.17. The summed E-state index contributed by atoms with van der Waals surface area (Å²) < 4.78 is 0. The van der Waals surface area contributed by atoms with E-state index in [4.69, 9.17) is 11.1 Å². The van der Waals surface area contributed by atoms with Gasteiger partial charge in [0.1, 0.15) is 0 Å².